The summed E-state index contributed by atoms with van der Waals surface area (Å²) < 4.78 is 21.3. The Bertz CT molecular complexity index is 226. The van der Waals surface area contributed by atoms with Crippen molar-refractivity contribution in [3.8, 4) is 0 Å². The molecule has 11 heavy (non-hydrogen) atoms. The maximum atomic E-state index is 10.7. The molecule has 0 aromatic rings. The monoisotopic (exact) mass is 178 g/mol. The van der Waals surface area contributed by atoms with Gasteiger partial charge < -0.3 is 5.11 Å². The van der Waals surface area contributed by atoms with E-state index >= 15 is 0 Å². The molecule has 0 saturated heterocycles. The fraction of sp³-hybridized carbons (Fsp3) is 1.00. The van der Waals surface area contributed by atoms with Crippen LogP contribution in [0.25, 0.3) is 0 Å². The molecule has 1 aliphatic rings. The van der Waals surface area contributed by atoms with E-state index in [1.165, 1.54) is 6.26 Å². The molecular weight excluding hydrogens is 164 g/mol. The van der Waals surface area contributed by atoms with E-state index in [4.69, 9.17) is 0 Å². The van der Waals surface area contributed by atoms with Gasteiger partial charge >= 0.3 is 0 Å². The molecule has 0 atom stereocenters. The Morgan fingerprint density at radius 2 is 2.00 bits per heavy atom. The van der Waals surface area contributed by atoms with Crippen molar-refractivity contribution in [2.24, 2.45) is 0 Å². The minimum atomic E-state index is -2.83. The Morgan fingerprint density at radius 1 is 1.45 bits per heavy atom. The topological polar surface area (TPSA) is 54.4 Å². The minimum Gasteiger partial charge on any atom is -0.390 e. The molecule has 4 heteroatoms. The first-order valence-electron chi connectivity index (χ1n) is 3.81. The van der Waals surface area contributed by atoms with Crippen molar-refractivity contribution in [3.05, 3.63) is 0 Å². The van der Waals surface area contributed by atoms with E-state index in [-0.39, 0.29) is 5.75 Å². The Kier molecular flexibility index (Phi) is 2.25. The van der Waals surface area contributed by atoms with Gasteiger partial charge in [-0.15, -0.1) is 0 Å². The summed E-state index contributed by atoms with van der Waals surface area (Å²) in [4.78, 5) is 0. The molecule has 1 N–H and O–H groups in total. The van der Waals surface area contributed by atoms with Crippen LogP contribution in [-0.4, -0.2) is 31.1 Å². The van der Waals surface area contributed by atoms with Crippen LogP contribution in [0.5, 0.6) is 0 Å². The van der Waals surface area contributed by atoms with Gasteiger partial charge in [0.25, 0.3) is 0 Å². The van der Waals surface area contributed by atoms with Crippen LogP contribution in [0.2, 0.25) is 0 Å². The number of hydrogen-bond acceptors (Lipinski definition) is 3. The van der Waals surface area contributed by atoms with Crippen molar-refractivity contribution < 1.29 is 13.5 Å². The fourth-order valence-electron chi connectivity index (χ4n) is 1.06. The van der Waals surface area contributed by atoms with Gasteiger partial charge in [-0.25, -0.2) is 8.42 Å². The second kappa shape index (κ2) is 2.75. The molecule has 1 fully saturated rings. The van der Waals surface area contributed by atoms with Gasteiger partial charge in [0.2, 0.25) is 0 Å². The SMILES string of the molecule is CS(=O)(=O)CCCC1(O)CC1. The van der Waals surface area contributed by atoms with Gasteiger partial charge in [0.15, 0.2) is 0 Å². The van der Waals surface area contributed by atoms with Crippen molar-refractivity contribution in [2.75, 3.05) is 12.0 Å². The number of aliphatic hydroxyl groups is 1. The first-order chi connectivity index (χ1) is 4.91. The lowest BCUT2D eigenvalue weighted by molar-refractivity contribution is 0.139. The first-order valence-corrected chi connectivity index (χ1v) is 5.88. The molecule has 0 aromatic carbocycles. The van der Waals surface area contributed by atoms with Crippen molar-refractivity contribution >= 4 is 9.84 Å². The first kappa shape index (κ1) is 9.00. The molecule has 0 aromatic heterocycles. The summed E-state index contributed by atoms with van der Waals surface area (Å²) in [5, 5.41) is 9.33. The number of hydrogen-bond donors (Lipinski definition) is 1. The highest BCUT2D eigenvalue weighted by atomic mass is 32.2. The Hall–Kier alpha value is -0.0900. The van der Waals surface area contributed by atoms with Crippen LogP contribution < -0.4 is 0 Å². The number of rotatable bonds is 4. The molecule has 0 heterocycles. The molecule has 0 unspecified atom stereocenters. The Morgan fingerprint density at radius 3 is 2.36 bits per heavy atom. The summed E-state index contributed by atoms with van der Waals surface area (Å²) in [7, 11) is -2.83. The average molecular weight is 178 g/mol. The van der Waals surface area contributed by atoms with Crippen LogP contribution in [0.1, 0.15) is 25.7 Å². The van der Waals surface area contributed by atoms with E-state index in [1.54, 1.807) is 0 Å². The molecule has 1 aliphatic carbocycles. The molecule has 1 saturated carbocycles. The highest BCUT2D eigenvalue weighted by Crippen LogP contribution is 2.39. The summed E-state index contributed by atoms with van der Waals surface area (Å²) >= 11 is 0. The molecule has 0 radical (unpaired) electrons. The minimum absolute atomic E-state index is 0.204. The molecule has 66 valence electrons. The van der Waals surface area contributed by atoms with Gasteiger partial charge in [0.05, 0.1) is 5.60 Å². The summed E-state index contributed by atoms with van der Waals surface area (Å²) in [6.45, 7) is 0. The van der Waals surface area contributed by atoms with E-state index in [2.05, 4.69) is 0 Å². The highest BCUT2D eigenvalue weighted by Gasteiger charge is 2.39. The maximum absolute atomic E-state index is 10.7. The van der Waals surface area contributed by atoms with Gasteiger partial charge in [0.1, 0.15) is 9.84 Å². The van der Waals surface area contributed by atoms with Crippen LogP contribution in [0, 0.1) is 0 Å². The average Bonchev–Trinajstić information content (AvgIpc) is 2.44. The van der Waals surface area contributed by atoms with Crippen LogP contribution in [0.4, 0.5) is 0 Å². The van der Waals surface area contributed by atoms with E-state index in [0.717, 1.165) is 12.8 Å². The predicted octanol–water partition coefficient (Wildman–Crippen LogP) is 0.336. The van der Waals surface area contributed by atoms with E-state index in [1.807, 2.05) is 0 Å². The van der Waals surface area contributed by atoms with Crippen molar-refractivity contribution in [1.29, 1.82) is 0 Å². The summed E-state index contributed by atoms with van der Waals surface area (Å²) in [5.74, 6) is 0.204. The Labute approximate surface area is 67.3 Å². The summed E-state index contributed by atoms with van der Waals surface area (Å²) in [5.41, 5.74) is -0.495. The van der Waals surface area contributed by atoms with Gasteiger partial charge in [-0.1, -0.05) is 0 Å². The quantitative estimate of drug-likeness (QED) is 0.675. The van der Waals surface area contributed by atoms with E-state index < -0.39 is 15.4 Å². The third-order valence-corrected chi connectivity index (χ3v) is 3.01. The lowest BCUT2D eigenvalue weighted by atomic mass is 10.2. The molecule has 0 spiro atoms. The second-order valence-electron chi connectivity index (χ2n) is 3.46. The zero-order valence-corrected chi connectivity index (χ0v) is 7.52. The number of sulfone groups is 1. The Balaban J connectivity index is 2.15. The molecule has 1 rings (SSSR count). The molecular formula is C7H14O3S. The van der Waals surface area contributed by atoms with Crippen LogP contribution in [0.3, 0.4) is 0 Å². The summed E-state index contributed by atoms with van der Waals surface area (Å²) in [6.07, 6.45) is 4.15. The zero-order valence-electron chi connectivity index (χ0n) is 6.71. The van der Waals surface area contributed by atoms with E-state index in [0.29, 0.717) is 12.8 Å². The van der Waals surface area contributed by atoms with Gasteiger partial charge in [-0.3, -0.25) is 0 Å². The fourth-order valence-corrected chi connectivity index (χ4v) is 1.73. The van der Waals surface area contributed by atoms with Crippen LogP contribution in [-0.2, 0) is 9.84 Å². The molecule has 0 aliphatic heterocycles. The standard InChI is InChI=1S/C7H14O3S/c1-11(9,10)6-2-3-7(8)4-5-7/h8H,2-6H2,1H3. The lowest BCUT2D eigenvalue weighted by Crippen LogP contribution is -2.10. The zero-order chi connectivity index (χ0) is 8.54. The summed E-state index contributed by atoms with van der Waals surface area (Å²) in [6, 6.07) is 0. The van der Waals surface area contributed by atoms with E-state index in [9.17, 15) is 13.5 Å². The predicted molar refractivity (Wildman–Crippen MR) is 43.1 cm³/mol. The van der Waals surface area contributed by atoms with Crippen LogP contribution in [0.15, 0.2) is 0 Å². The third kappa shape index (κ3) is 3.72. The second-order valence-corrected chi connectivity index (χ2v) is 5.72. The molecule has 3 nitrogen and oxygen atoms in total. The highest BCUT2D eigenvalue weighted by molar-refractivity contribution is 7.90. The molecule has 0 bridgehead atoms. The molecule has 0 amide bonds. The normalized spacial score (nSPS) is 21.6. The van der Waals surface area contributed by atoms with Gasteiger partial charge in [-0.05, 0) is 25.7 Å². The largest absolute Gasteiger partial charge is 0.390 e. The van der Waals surface area contributed by atoms with Crippen molar-refractivity contribution in [2.45, 2.75) is 31.3 Å². The third-order valence-electron chi connectivity index (χ3n) is 1.98. The van der Waals surface area contributed by atoms with Gasteiger partial charge in [-0.2, -0.15) is 0 Å². The van der Waals surface area contributed by atoms with Gasteiger partial charge in [0, 0.05) is 12.0 Å². The van der Waals surface area contributed by atoms with Crippen LogP contribution >= 0.6 is 0 Å². The van der Waals surface area contributed by atoms with Crippen molar-refractivity contribution in [3.63, 3.8) is 0 Å². The lowest BCUT2D eigenvalue weighted by Gasteiger charge is -2.04. The van der Waals surface area contributed by atoms with Crippen molar-refractivity contribution in [1.82, 2.24) is 0 Å². The smallest absolute Gasteiger partial charge is 0.147 e. The maximum Gasteiger partial charge on any atom is 0.147 e.